The van der Waals surface area contributed by atoms with Crippen LogP contribution in [0.15, 0.2) is 0 Å². The highest BCUT2D eigenvalue weighted by Crippen LogP contribution is 2.08. The van der Waals surface area contributed by atoms with E-state index >= 15 is 0 Å². The van der Waals surface area contributed by atoms with Gasteiger partial charge in [-0.2, -0.15) is 0 Å². The molecule has 0 aromatic carbocycles. The van der Waals surface area contributed by atoms with Crippen molar-refractivity contribution in [2.45, 2.75) is 71.3 Å². The van der Waals surface area contributed by atoms with E-state index in [9.17, 15) is 0 Å². The Balaban J connectivity index is 2.99. The first-order chi connectivity index (χ1) is 8.56. The van der Waals surface area contributed by atoms with Gasteiger partial charge in [0, 0.05) is 11.9 Å². The summed E-state index contributed by atoms with van der Waals surface area (Å²) in [6, 6.07) is 0. The van der Waals surface area contributed by atoms with Crippen molar-refractivity contribution < 1.29 is 9.47 Å². The van der Waals surface area contributed by atoms with Crippen LogP contribution in [0.2, 0.25) is 0 Å². The van der Waals surface area contributed by atoms with E-state index in [0.717, 1.165) is 18.5 Å². The second-order valence-electron chi connectivity index (χ2n) is 5.74. The average Bonchev–Trinajstić information content (AvgIpc) is 2.29. The molecule has 0 heterocycles. The van der Waals surface area contributed by atoms with E-state index in [-0.39, 0.29) is 5.60 Å². The molecule has 0 radical (unpaired) electrons. The minimum absolute atomic E-state index is 0.0432. The predicted molar refractivity (Wildman–Crippen MR) is 82.6 cm³/mol. The van der Waals surface area contributed by atoms with Crippen LogP contribution in [0.1, 0.15) is 65.7 Å². The maximum atomic E-state index is 5.58. The molecule has 0 aliphatic rings. The van der Waals surface area contributed by atoms with Gasteiger partial charge in [0.05, 0.1) is 18.8 Å². The summed E-state index contributed by atoms with van der Waals surface area (Å²) in [5.74, 6) is 0. The molecule has 0 aliphatic heterocycles. The summed E-state index contributed by atoms with van der Waals surface area (Å²) in [5.41, 5.74) is -0.0432. The van der Waals surface area contributed by atoms with E-state index in [1.165, 1.54) is 44.9 Å². The van der Waals surface area contributed by atoms with Crippen LogP contribution in [-0.2, 0) is 9.47 Å². The summed E-state index contributed by atoms with van der Waals surface area (Å²) in [6.45, 7) is 8.53. The summed E-state index contributed by atoms with van der Waals surface area (Å²) in [6.07, 6.45) is 9.28. The average molecular weight is 323 g/mol. The third kappa shape index (κ3) is 16.4. The van der Waals surface area contributed by atoms with E-state index in [2.05, 4.69) is 36.7 Å². The van der Waals surface area contributed by atoms with Crippen LogP contribution in [-0.4, -0.2) is 30.8 Å². The van der Waals surface area contributed by atoms with E-state index in [0.29, 0.717) is 6.61 Å². The van der Waals surface area contributed by atoms with E-state index in [1.54, 1.807) is 0 Å². The summed E-state index contributed by atoms with van der Waals surface area (Å²) >= 11 is 3.46. The van der Waals surface area contributed by atoms with Crippen molar-refractivity contribution in [2.24, 2.45) is 0 Å². The van der Waals surface area contributed by atoms with Gasteiger partial charge in [0.2, 0.25) is 0 Å². The second kappa shape index (κ2) is 12.4. The predicted octanol–water partition coefficient (Wildman–Crippen LogP) is 4.94. The zero-order valence-corrected chi connectivity index (χ0v) is 14.1. The number of ether oxygens (including phenoxy) is 2. The van der Waals surface area contributed by atoms with Gasteiger partial charge in [0.15, 0.2) is 0 Å². The second-order valence-corrected chi connectivity index (χ2v) is 6.53. The van der Waals surface area contributed by atoms with Crippen molar-refractivity contribution in [1.29, 1.82) is 0 Å². The van der Waals surface area contributed by atoms with Crippen molar-refractivity contribution in [2.75, 3.05) is 25.2 Å². The van der Waals surface area contributed by atoms with Crippen LogP contribution in [0, 0.1) is 0 Å². The minimum atomic E-state index is -0.0432. The summed E-state index contributed by atoms with van der Waals surface area (Å²) < 4.78 is 11.1. The van der Waals surface area contributed by atoms with Gasteiger partial charge in [0.1, 0.15) is 0 Å². The topological polar surface area (TPSA) is 18.5 Å². The highest BCUT2D eigenvalue weighted by atomic mass is 79.9. The first kappa shape index (κ1) is 18.4. The normalized spacial score (nSPS) is 12.0. The van der Waals surface area contributed by atoms with Crippen LogP contribution < -0.4 is 0 Å². The Kier molecular flexibility index (Phi) is 12.7. The fraction of sp³-hybridized carbons (Fsp3) is 1.00. The number of rotatable bonds is 12. The van der Waals surface area contributed by atoms with Gasteiger partial charge in [-0.3, -0.25) is 0 Å². The molecule has 0 aromatic rings. The molecular formula is C15H31BrO2. The lowest BCUT2D eigenvalue weighted by atomic mass is 10.1. The Labute approximate surface area is 122 Å². The fourth-order valence-electron chi connectivity index (χ4n) is 1.69. The van der Waals surface area contributed by atoms with Gasteiger partial charge in [-0.15, -0.1) is 0 Å². The first-order valence-corrected chi connectivity index (χ1v) is 8.46. The van der Waals surface area contributed by atoms with Crippen LogP contribution in [0.5, 0.6) is 0 Å². The number of halogens is 1. The van der Waals surface area contributed by atoms with Gasteiger partial charge < -0.3 is 9.47 Å². The van der Waals surface area contributed by atoms with E-state index < -0.39 is 0 Å². The molecule has 0 fully saturated rings. The largest absolute Gasteiger partial charge is 0.379 e. The van der Waals surface area contributed by atoms with Gasteiger partial charge in [-0.1, -0.05) is 48.0 Å². The fourth-order valence-corrected chi connectivity index (χ4v) is 2.09. The molecule has 0 bridgehead atoms. The Hall–Kier alpha value is 0.400. The highest BCUT2D eigenvalue weighted by molar-refractivity contribution is 9.09. The van der Waals surface area contributed by atoms with Crippen molar-refractivity contribution in [3.63, 3.8) is 0 Å². The molecule has 110 valence electrons. The number of alkyl halides is 1. The number of unbranched alkanes of at least 4 members (excludes halogenated alkanes) is 6. The molecule has 0 saturated carbocycles. The molecular weight excluding hydrogens is 292 g/mol. The molecule has 18 heavy (non-hydrogen) atoms. The Morgan fingerprint density at radius 1 is 0.722 bits per heavy atom. The molecule has 0 spiro atoms. The smallest absolute Gasteiger partial charge is 0.0707 e. The Bertz CT molecular complexity index is 166. The minimum Gasteiger partial charge on any atom is -0.379 e. The zero-order valence-electron chi connectivity index (χ0n) is 12.5. The van der Waals surface area contributed by atoms with Crippen LogP contribution in [0.3, 0.4) is 0 Å². The lowest BCUT2D eigenvalue weighted by Gasteiger charge is -2.19. The van der Waals surface area contributed by atoms with Crippen LogP contribution >= 0.6 is 15.9 Å². The van der Waals surface area contributed by atoms with E-state index in [4.69, 9.17) is 9.47 Å². The van der Waals surface area contributed by atoms with Gasteiger partial charge >= 0.3 is 0 Å². The van der Waals surface area contributed by atoms with Gasteiger partial charge in [-0.25, -0.2) is 0 Å². The van der Waals surface area contributed by atoms with Crippen molar-refractivity contribution in [3.8, 4) is 0 Å². The standard InChI is InChI=1S/C15H31BrO2/c1-15(2,3)18-14-13-17-12-10-8-6-4-5-7-9-11-16/h4-14H2,1-3H3. The molecule has 0 unspecified atom stereocenters. The molecule has 0 amide bonds. The van der Waals surface area contributed by atoms with Gasteiger partial charge in [-0.05, 0) is 33.6 Å². The summed E-state index contributed by atoms with van der Waals surface area (Å²) in [4.78, 5) is 0. The van der Waals surface area contributed by atoms with Crippen molar-refractivity contribution >= 4 is 15.9 Å². The maximum absolute atomic E-state index is 5.58. The number of hydrogen-bond donors (Lipinski definition) is 0. The zero-order chi connectivity index (χ0) is 13.7. The molecule has 0 aromatic heterocycles. The maximum Gasteiger partial charge on any atom is 0.0707 e. The monoisotopic (exact) mass is 322 g/mol. The quantitative estimate of drug-likeness (QED) is 0.374. The molecule has 0 aliphatic carbocycles. The molecule has 0 saturated heterocycles. The molecule has 0 atom stereocenters. The van der Waals surface area contributed by atoms with Crippen LogP contribution in [0.4, 0.5) is 0 Å². The van der Waals surface area contributed by atoms with Crippen molar-refractivity contribution in [3.05, 3.63) is 0 Å². The lowest BCUT2D eigenvalue weighted by molar-refractivity contribution is -0.0351. The summed E-state index contributed by atoms with van der Waals surface area (Å²) in [5, 5.41) is 1.15. The summed E-state index contributed by atoms with van der Waals surface area (Å²) in [7, 11) is 0. The Morgan fingerprint density at radius 3 is 1.83 bits per heavy atom. The third-order valence-corrected chi connectivity index (χ3v) is 3.25. The van der Waals surface area contributed by atoms with E-state index in [1.807, 2.05) is 0 Å². The molecule has 2 nitrogen and oxygen atoms in total. The molecule has 0 rings (SSSR count). The third-order valence-electron chi connectivity index (χ3n) is 2.69. The molecule has 3 heteroatoms. The van der Waals surface area contributed by atoms with Crippen molar-refractivity contribution in [1.82, 2.24) is 0 Å². The highest BCUT2D eigenvalue weighted by Gasteiger charge is 2.08. The lowest BCUT2D eigenvalue weighted by Crippen LogP contribution is -2.21. The van der Waals surface area contributed by atoms with Gasteiger partial charge in [0.25, 0.3) is 0 Å². The first-order valence-electron chi connectivity index (χ1n) is 7.34. The Morgan fingerprint density at radius 2 is 1.28 bits per heavy atom. The number of hydrogen-bond acceptors (Lipinski definition) is 2. The molecule has 0 N–H and O–H groups in total. The van der Waals surface area contributed by atoms with Crippen LogP contribution in [0.25, 0.3) is 0 Å². The SMILES string of the molecule is CC(C)(C)OCCOCCCCCCCCCBr.